The topological polar surface area (TPSA) is 89.5 Å². The fourth-order valence-corrected chi connectivity index (χ4v) is 1.44. The minimum atomic E-state index is -0.785. The molecule has 0 saturated heterocycles. The van der Waals surface area contributed by atoms with Crippen LogP contribution in [0.5, 0.6) is 0 Å². The van der Waals surface area contributed by atoms with E-state index in [0.29, 0.717) is 0 Å². The Labute approximate surface area is 94.2 Å². The summed E-state index contributed by atoms with van der Waals surface area (Å²) in [7, 11) is 0. The number of nitriles is 1. The first-order valence-corrected chi connectivity index (χ1v) is 4.64. The summed E-state index contributed by atoms with van der Waals surface area (Å²) in [5, 5.41) is 8.67. The van der Waals surface area contributed by atoms with Crippen molar-refractivity contribution in [1.82, 2.24) is 9.97 Å². The highest BCUT2D eigenvalue weighted by molar-refractivity contribution is 5.64. The van der Waals surface area contributed by atoms with Crippen molar-refractivity contribution in [2.45, 2.75) is 0 Å². The highest BCUT2D eigenvalue weighted by atomic mass is 19.1. The summed E-state index contributed by atoms with van der Waals surface area (Å²) in [6, 6.07) is 5.80. The van der Waals surface area contributed by atoms with Gasteiger partial charge in [-0.15, -0.1) is 0 Å². The van der Waals surface area contributed by atoms with Crippen molar-refractivity contribution in [2.75, 3.05) is 0 Å². The number of aromatic nitrogens is 2. The Balaban J connectivity index is 2.74. The predicted molar refractivity (Wildman–Crippen MR) is 57.8 cm³/mol. The molecular weight excluding hydrogens is 225 g/mol. The molecule has 0 radical (unpaired) electrons. The van der Waals surface area contributed by atoms with Crippen LogP contribution in [-0.4, -0.2) is 9.97 Å². The monoisotopic (exact) mass is 231 g/mol. The lowest BCUT2D eigenvalue weighted by atomic mass is 10.1. The lowest BCUT2D eigenvalue weighted by Crippen LogP contribution is -2.22. The summed E-state index contributed by atoms with van der Waals surface area (Å²) in [6.07, 6.45) is 1.11. The van der Waals surface area contributed by atoms with Gasteiger partial charge in [-0.05, 0) is 6.07 Å². The first-order valence-electron chi connectivity index (χ1n) is 4.64. The van der Waals surface area contributed by atoms with Crippen LogP contribution in [0.15, 0.2) is 34.0 Å². The van der Waals surface area contributed by atoms with Gasteiger partial charge in [0.1, 0.15) is 11.9 Å². The van der Waals surface area contributed by atoms with Gasteiger partial charge < -0.3 is 4.98 Å². The zero-order valence-corrected chi connectivity index (χ0v) is 8.45. The summed E-state index contributed by atoms with van der Waals surface area (Å²) >= 11 is 0. The fraction of sp³-hybridized carbons (Fsp3) is 0. The second-order valence-electron chi connectivity index (χ2n) is 3.26. The van der Waals surface area contributed by atoms with E-state index in [1.807, 2.05) is 4.98 Å². The first-order chi connectivity index (χ1) is 8.13. The molecule has 0 saturated carbocycles. The van der Waals surface area contributed by atoms with E-state index in [1.54, 1.807) is 6.07 Å². The molecule has 0 bridgehead atoms. The Morgan fingerprint density at radius 2 is 2.00 bits per heavy atom. The zero-order valence-electron chi connectivity index (χ0n) is 8.45. The van der Waals surface area contributed by atoms with E-state index >= 15 is 0 Å². The SMILES string of the molecule is N#Cc1cccc(-c2c[nH]c(=O)[nH]c2=O)c1F. The van der Waals surface area contributed by atoms with Crippen LogP contribution < -0.4 is 11.2 Å². The average molecular weight is 231 g/mol. The van der Waals surface area contributed by atoms with E-state index < -0.39 is 17.1 Å². The molecule has 0 aliphatic rings. The Morgan fingerprint density at radius 3 is 2.65 bits per heavy atom. The Kier molecular flexibility index (Phi) is 2.58. The number of rotatable bonds is 1. The average Bonchev–Trinajstić information content (AvgIpc) is 2.30. The number of benzene rings is 1. The fourth-order valence-electron chi connectivity index (χ4n) is 1.44. The van der Waals surface area contributed by atoms with Gasteiger partial charge in [0.05, 0.1) is 11.1 Å². The van der Waals surface area contributed by atoms with Crippen molar-refractivity contribution in [3.05, 3.63) is 56.6 Å². The molecule has 0 aliphatic heterocycles. The molecule has 2 rings (SSSR count). The molecule has 2 N–H and O–H groups in total. The van der Waals surface area contributed by atoms with Gasteiger partial charge >= 0.3 is 5.69 Å². The van der Waals surface area contributed by atoms with Crippen molar-refractivity contribution in [3.63, 3.8) is 0 Å². The molecule has 0 atom stereocenters. The standard InChI is InChI=1S/C11H6FN3O2/c12-9-6(4-13)2-1-3-7(9)8-5-14-11(17)15-10(8)16/h1-3,5H,(H2,14,15,16,17). The maximum absolute atomic E-state index is 13.8. The molecule has 0 fully saturated rings. The van der Waals surface area contributed by atoms with Crippen LogP contribution in [-0.2, 0) is 0 Å². The van der Waals surface area contributed by atoms with Gasteiger partial charge in [0, 0.05) is 11.8 Å². The number of aromatic amines is 2. The molecule has 0 unspecified atom stereocenters. The lowest BCUT2D eigenvalue weighted by molar-refractivity contribution is 0.627. The van der Waals surface area contributed by atoms with Crippen molar-refractivity contribution in [1.29, 1.82) is 5.26 Å². The summed E-state index contributed by atoms with van der Waals surface area (Å²) < 4.78 is 13.8. The molecule has 1 heterocycles. The van der Waals surface area contributed by atoms with Gasteiger partial charge in [-0.3, -0.25) is 9.78 Å². The van der Waals surface area contributed by atoms with Gasteiger partial charge in [0.2, 0.25) is 0 Å². The van der Waals surface area contributed by atoms with Crippen molar-refractivity contribution < 1.29 is 4.39 Å². The smallest absolute Gasteiger partial charge is 0.313 e. The summed E-state index contributed by atoms with van der Waals surface area (Å²) in [5.74, 6) is -0.785. The molecule has 6 heteroatoms. The third-order valence-corrected chi connectivity index (χ3v) is 2.23. The summed E-state index contributed by atoms with van der Waals surface area (Å²) in [6.45, 7) is 0. The van der Waals surface area contributed by atoms with E-state index in [2.05, 4.69) is 4.98 Å². The number of nitrogens with one attached hydrogen (secondary N) is 2. The Bertz CT molecular complexity index is 724. The number of nitrogens with zero attached hydrogens (tertiary/aromatic N) is 1. The summed E-state index contributed by atoms with van der Waals surface area (Å²) in [5.41, 5.74) is -1.59. The van der Waals surface area contributed by atoms with Crippen molar-refractivity contribution >= 4 is 0 Å². The number of hydrogen-bond donors (Lipinski definition) is 2. The van der Waals surface area contributed by atoms with Crippen LogP contribution in [0.25, 0.3) is 11.1 Å². The Hall–Kier alpha value is -2.68. The van der Waals surface area contributed by atoms with Crippen LogP contribution in [0.2, 0.25) is 0 Å². The van der Waals surface area contributed by atoms with E-state index in [4.69, 9.17) is 5.26 Å². The van der Waals surface area contributed by atoms with E-state index in [-0.39, 0.29) is 16.7 Å². The third kappa shape index (κ3) is 1.86. The molecule has 5 nitrogen and oxygen atoms in total. The van der Waals surface area contributed by atoms with Gasteiger partial charge in [-0.1, -0.05) is 12.1 Å². The summed E-state index contributed by atoms with van der Waals surface area (Å²) in [4.78, 5) is 26.5. The third-order valence-electron chi connectivity index (χ3n) is 2.23. The van der Waals surface area contributed by atoms with Crippen LogP contribution >= 0.6 is 0 Å². The highest BCUT2D eigenvalue weighted by Crippen LogP contribution is 2.20. The maximum atomic E-state index is 13.8. The number of hydrogen-bond acceptors (Lipinski definition) is 3. The Morgan fingerprint density at radius 1 is 1.24 bits per heavy atom. The molecule has 1 aromatic carbocycles. The minimum Gasteiger partial charge on any atom is -0.313 e. The quantitative estimate of drug-likeness (QED) is 0.758. The molecule has 0 spiro atoms. The second kappa shape index (κ2) is 4.06. The zero-order chi connectivity index (χ0) is 12.4. The van der Waals surface area contributed by atoms with Gasteiger partial charge in [0.25, 0.3) is 5.56 Å². The maximum Gasteiger partial charge on any atom is 0.325 e. The molecule has 17 heavy (non-hydrogen) atoms. The van der Waals surface area contributed by atoms with Crippen LogP contribution in [0.3, 0.4) is 0 Å². The second-order valence-corrected chi connectivity index (χ2v) is 3.26. The minimum absolute atomic E-state index is 0.0263. The largest absolute Gasteiger partial charge is 0.325 e. The number of H-pyrrole nitrogens is 2. The normalized spacial score (nSPS) is 9.88. The first kappa shape index (κ1) is 10.8. The molecule has 1 aromatic heterocycles. The molecular formula is C11H6FN3O2. The van der Waals surface area contributed by atoms with Gasteiger partial charge in [-0.25, -0.2) is 9.18 Å². The van der Waals surface area contributed by atoms with E-state index in [0.717, 1.165) is 6.20 Å². The highest BCUT2D eigenvalue weighted by Gasteiger charge is 2.12. The van der Waals surface area contributed by atoms with E-state index in [9.17, 15) is 14.0 Å². The van der Waals surface area contributed by atoms with Crippen LogP contribution in [0.4, 0.5) is 4.39 Å². The van der Waals surface area contributed by atoms with E-state index in [1.165, 1.54) is 18.2 Å². The van der Waals surface area contributed by atoms with Crippen molar-refractivity contribution in [2.24, 2.45) is 0 Å². The molecule has 84 valence electrons. The lowest BCUT2D eigenvalue weighted by Gasteiger charge is -2.02. The predicted octanol–water partition coefficient (Wildman–Crippen LogP) is 0.741. The van der Waals surface area contributed by atoms with Crippen LogP contribution in [0, 0.1) is 17.1 Å². The van der Waals surface area contributed by atoms with Gasteiger partial charge in [-0.2, -0.15) is 5.26 Å². The molecule has 2 aromatic rings. The molecule has 0 aliphatic carbocycles. The van der Waals surface area contributed by atoms with Crippen molar-refractivity contribution in [3.8, 4) is 17.2 Å². The molecule has 0 amide bonds. The van der Waals surface area contributed by atoms with Gasteiger partial charge in [0.15, 0.2) is 0 Å². The van der Waals surface area contributed by atoms with Crippen LogP contribution in [0.1, 0.15) is 5.56 Å². The number of halogens is 1.